The van der Waals surface area contributed by atoms with Crippen molar-refractivity contribution in [3.8, 4) is 0 Å². The number of benzene rings is 2. The SMILES string of the molecule is O=[SH](=O)Cc1cccc(C2=NCCc3ccccc32)c1. The highest BCUT2D eigenvalue weighted by Gasteiger charge is 2.15. The molecule has 4 heteroatoms. The molecule has 0 fully saturated rings. The van der Waals surface area contributed by atoms with Crippen LogP contribution in [0.3, 0.4) is 0 Å². The second kappa shape index (κ2) is 5.59. The summed E-state index contributed by atoms with van der Waals surface area (Å²) in [5.41, 5.74) is 5.23. The molecule has 0 aliphatic carbocycles. The van der Waals surface area contributed by atoms with Crippen molar-refractivity contribution in [2.45, 2.75) is 12.2 Å². The maximum Gasteiger partial charge on any atom is 0.144 e. The van der Waals surface area contributed by atoms with Crippen molar-refractivity contribution in [2.75, 3.05) is 6.54 Å². The first-order valence-corrected chi connectivity index (χ1v) is 7.94. The van der Waals surface area contributed by atoms with Gasteiger partial charge in [-0.15, -0.1) is 0 Å². The molecular formula is C16H15NO2S. The Balaban J connectivity index is 2.03. The van der Waals surface area contributed by atoms with Gasteiger partial charge in [-0.1, -0.05) is 42.5 Å². The summed E-state index contributed by atoms with van der Waals surface area (Å²) in [5.74, 6) is 0.0814. The largest absolute Gasteiger partial charge is 0.284 e. The van der Waals surface area contributed by atoms with Crippen LogP contribution in [0.4, 0.5) is 0 Å². The zero-order chi connectivity index (χ0) is 13.9. The molecule has 0 atom stereocenters. The van der Waals surface area contributed by atoms with Gasteiger partial charge in [-0.25, -0.2) is 8.42 Å². The molecular weight excluding hydrogens is 270 g/mol. The summed E-state index contributed by atoms with van der Waals surface area (Å²) in [5, 5.41) is 0. The van der Waals surface area contributed by atoms with Gasteiger partial charge in [0.1, 0.15) is 10.7 Å². The van der Waals surface area contributed by atoms with Crippen molar-refractivity contribution in [1.82, 2.24) is 0 Å². The van der Waals surface area contributed by atoms with Gasteiger partial charge in [0.15, 0.2) is 0 Å². The third-order valence-corrected chi connectivity index (χ3v) is 4.06. The Kier molecular flexibility index (Phi) is 3.65. The molecule has 3 rings (SSSR count). The Labute approximate surface area is 119 Å². The van der Waals surface area contributed by atoms with Gasteiger partial charge in [-0.2, -0.15) is 0 Å². The molecule has 1 heterocycles. The van der Waals surface area contributed by atoms with E-state index in [1.807, 2.05) is 36.4 Å². The van der Waals surface area contributed by atoms with Gasteiger partial charge >= 0.3 is 0 Å². The highest BCUT2D eigenvalue weighted by molar-refractivity contribution is 7.71. The van der Waals surface area contributed by atoms with E-state index >= 15 is 0 Å². The Morgan fingerprint density at radius 3 is 2.75 bits per heavy atom. The summed E-state index contributed by atoms with van der Waals surface area (Å²) in [6.45, 7) is 0.784. The molecule has 2 aromatic carbocycles. The van der Waals surface area contributed by atoms with Crippen LogP contribution in [0.5, 0.6) is 0 Å². The molecule has 0 radical (unpaired) electrons. The fourth-order valence-electron chi connectivity index (χ4n) is 2.56. The van der Waals surface area contributed by atoms with Crippen molar-refractivity contribution in [3.05, 3.63) is 70.8 Å². The monoisotopic (exact) mass is 285 g/mol. The van der Waals surface area contributed by atoms with Crippen molar-refractivity contribution in [2.24, 2.45) is 4.99 Å². The van der Waals surface area contributed by atoms with E-state index in [0.717, 1.165) is 35.4 Å². The fourth-order valence-corrected chi connectivity index (χ4v) is 3.05. The van der Waals surface area contributed by atoms with Gasteiger partial charge in [0.05, 0.1) is 11.5 Å². The van der Waals surface area contributed by atoms with Gasteiger partial charge in [-0.05, 0) is 23.6 Å². The average Bonchev–Trinajstić information content (AvgIpc) is 2.46. The summed E-state index contributed by atoms with van der Waals surface area (Å²) in [6.07, 6.45) is 0.964. The number of rotatable bonds is 3. The minimum absolute atomic E-state index is 0.0814. The first-order valence-electron chi connectivity index (χ1n) is 6.58. The van der Waals surface area contributed by atoms with Crippen LogP contribution in [-0.2, 0) is 22.9 Å². The van der Waals surface area contributed by atoms with Crippen LogP contribution in [0.2, 0.25) is 0 Å². The number of fused-ring (bicyclic) bond motifs is 1. The first-order chi connectivity index (χ1) is 9.74. The summed E-state index contributed by atoms with van der Waals surface area (Å²) in [4.78, 5) is 4.63. The average molecular weight is 285 g/mol. The van der Waals surface area contributed by atoms with E-state index < -0.39 is 10.7 Å². The minimum atomic E-state index is -2.40. The minimum Gasteiger partial charge on any atom is -0.284 e. The second-order valence-electron chi connectivity index (χ2n) is 4.83. The summed E-state index contributed by atoms with van der Waals surface area (Å²) in [6, 6.07) is 15.9. The van der Waals surface area contributed by atoms with E-state index in [2.05, 4.69) is 17.1 Å². The van der Waals surface area contributed by atoms with Gasteiger partial charge in [-0.3, -0.25) is 4.99 Å². The smallest absolute Gasteiger partial charge is 0.144 e. The topological polar surface area (TPSA) is 46.5 Å². The molecule has 2 aromatic rings. The number of hydrogen-bond acceptors (Lipinski definition) is 3. The van der Waals surface area contributed by atoms with Gasteiger partial charge in [0.25, 0.3) is 0 Å². The quantitative estimate of drug-likeness (QED) is 0.879. The molecule has 1 aliphatic rings. The molecule has 0 bridgehead atoms. The molecule has 3 nitrogen and oxygen atoms in total. The van der Waals surface area contributed by atoms with Crippen molar-refractivity contribution in [3.63, 3.8) is 0 Å². The zero-order valence-corrected chi connectivity index (χ0v) is 11.8. The molecule has 0 saturated carbocycles. The first kappa shape index (κ1) is 13.1. The van der Waals surface area contributed by atoms with E-state index in [9.17, 15) is 8.42 Å². The maximum absolute atomic E-state index is 10.9. The zero-order valence-electron chi connectivity index (χ0n) is 11.0. The third-order valence-electron chi connectivity index (χ3n) is 3.44. The van der Waals surface area contributed by atoms with Gasteiger partial charge in [0.2, 0.25) is 0 Å². The van der Waals surface area contributed by atoms with E-state index in [1.54, 1.807) is 0 Å². The van der Waals surface area contributed by atoms with Crippen LogP contribution in [0, 0.1) is 0 Å². The van der Waals surface area contributed by atoms with Gasteiger partial charge in [0, 0.05) is 17.7 Å². The van der Waals surface area contributed by atoms with Crippen LogP contribution >= 0.6 is 0 Å². The highest BCUT2D eigenvalue weighted by atomic mass is 32.2. The van der Waals surface area contributed by atoms with E-state index in [0.29, 0.717) is 0 Å². The molecule has 0 amide bonds. The van der Waals surface area contributed by atoms with E-state index in [1.165, 1.54) is 5.56 Å². The van der Waals surface area contributed by atoms with Crippen LogP contribution in [0.25, 0.3) is 0 Å². The summed E-state index contributed by atoms with van der Waals surface area (Å²) < 4.78 is 21.7. The van der Waals surface area contributed by atoms with Gasteiger partial charge < -0.3 is 0 Å². The molecule has 1 aliphatic heterocycles. The number of nitrogens with zero attached hydrogens (tertiary/aromatic N) is 1. The van der Waals surface area contributed by atoms with E-state index in [-0.39, 0.29) is 5.75 Å². The molecule has 0 unspecified atom stereocenters. The van der Waals surface area contributed by atoms with Crippen LogP contribution in [0.15, 0.2) is 53.5 Å². The summed E-state index contributed by atoms with van der Waals surface area (Å²) >= 11 is 0. The number of hydrogen-bond donors (Lipinski definition) is 1. The van der Waals surface area contributed by atoms with Crippen LogP contribution < -0.4 is 0 Å². The molecule has 0 aromatic heterocycles. The van der Waals surface area contributed by atoms with Crippen molar-refractivity contribution in [1.29, 1.82) is 0 Å². The molecule has 20 heavy (non-hydrogen) atoms. The van der Waals surface area contributed by atoms with Crippen LogP contribution in [-0.4, -0.2) is 20.7 Å². The lowest BCUT2D eigenvalue weighted by Gasteiger charge is -2.17. The molecule has 0 saturated heterocycles. The van der Waals surface area contributed by atoms with Crippen molar-refractivity contribution < 1.29 is 8.42 Å². The Bertz CT molecular complexity index is 740. The second-order valence-corrected chi connectivity index (χ2v) is 5.81. The molecule has 0 N–H and O–H groups in total. The molecule has 102 valence electrons. The Morgan fingerprint density at radius 1 is 1.05 bits per heavy atom. The van der Waals surface area contributed by atoms with Crippen molar-refractivity contribution >= 4 is 16.4 Å². The highest BCUT2D eigenvalue weighted by Crippen LogP contribution is 2.21. The standard InChI is InChI=1S/C16H15NO2S/c18-20(19)11-12-4-3-6-14(10-12)16-15-7-2-1-5-13(15)8-9-17-16/h1-7,10,20H,8-9,11H2. The van der Waals surface area contributed by atoms with E-state index in [4.69, 9.17) is 0 Å². The Morgan fingerprint density at radius 2 is 1.90 bits per heavy atom. The fraction of sp³-hybridized carbons (Fsp3) is 0.188. The normalized spacial score (nSPS) is 13.9. The predicted molar refractivity (Wildman–Crippen MR) is 81.1 cm³/mol. The third kappa shape index (κ3) is 2.65. The number of thiol groups is 1. The maximum atomic E-state index is 10.9. The lowest BCUT2D eigenvalue weighted by molar-refractivity contribution is 0.614. The van der Waals surface area contributed by atoms with Crippen LogP contribution in [0.1, 0.15) is 22.3 Å². The predicted octanol–water partition coefficient (Wildman–Crippen LogP) is 2.19. The molecule has 0 spiro atoms. The lowest BCUT2D eigenvalue weighted by atomic mass is 9.93. The summed E-state index contributed by atoms with van der Waals surface area (Å²) in [7, 11) is -2.40. The lowest BCUT2D eigenvalue weighted by Crippen LogP contribution is -2.14. The number of aliphatic imine (C=N–C) groups is 1. The Hall–Kier alpha value is -1.94.